The summed E-state index contributed by atoms with van der Waals surface area (Å²) >= 11 is 0. The summed E-state index contributed by atoms with van der Waals surface area (Å²) in [4.78, 5) is 18.5. The molecule has 3 N–H and O–H groups in total. The number of likely N-dealkylation sites (tertiary alicyclic amines) is 1. The lowest BCUT2D eigenvalue weighted by atomic mass is 10.2. The molecule has 0 aromatic heterocycles. The van der Waals surface area contributed by atoms with E-state index in [1.54, 1.807) is 21.3 Å². The lowest BCUT2D eigenvalue weighted by Gasteiger charge is -2.19. The van der Waals surface area contributed by atoms with E-state index in [1.807, 2.05) is 6.07 Å². The van der Waals surface area contributed by atoms with Crippen LogP contribution in [0.1, 0.15) is 37.7 Å². The maximum absolute atomic E-state index is 11.7. The van der Waals surface area contributed by atoms with Gasteiger partial charge in [-0.15, -0.1) is 0 Å². The molecule has 166 valence electrons. The summed E-state index contributed by atoms with van der Waals surface area (Å²) in [6, 6.07) is 6.79. The summed E-state index contributed by atoms with van der Waals surface area (Å²) in [6.07, 6.45) is 4.68. The van der Waals surface area contributed by atoms with Crippen LogP contribution in [-0.2, 0) is 11.3 Å². The van der Waals surface area contributed by atoms with E-state index in [9.17, 15) is 4.79 Å². The van der Waals surface area contributed by atoms with Gasteiger partial charge in [0.1, 0.15) is 11.5 Å². The van der Waals surface area contributed by atoms with Crippen LogP contribution in [0.2, 0.25) is 0 Å². The van der Waals surface area contributed by atoms with Crippen molar-refractivity contribution in [1.82, 2.24) is 20.9 Å². The highest BCUT2D eigenvalue weighted by molar-refractivity contribution is 5.80. The smallest absolute Gasteiger partial charge is 0.220 e. The number of hydrogen-bond donors (Lipinski definition) is 3. The second-order valence-electron chi connectivity index (χ2n) is 8.03. The van der Waals surface area contributed by atoms with E-state index in [2.05, 4.69) is 38.0 Å². The predicted octanol–water partition coefficient (Wildman–Crippen LogP) is 1.50. The Balaban J connectivity index is 1.38. The average Bonchev–Trinajstić information content (AvgIpc) is 3.46. The van der Waals surface area contributed by atoms with Crippen LogP contribution in [0, 0.1) is 0 Å². The maximum Gasteiger partial charge on any atom is 0.220 e. The van der Waals surface area contributed by atoms with Gasteiger partial charge in [-0.2, -0.15) is 0 Å². The van der Waals surface area contributed by atoms with Crippen molar-refractivity contribution in [3.05, 3.63) is 23.8 Å². The van der Waals surface area contributed by atoms with Gasteiger partial charge in [0.25, 0.3) is 0 Å². The van der Waals surface area contributed by atoms with Gasteiger partial charge < -0.3 is 25.4 Å². The molecule has 0 radical (unpaired) electrons. The number of carbonyl (C=O) groups is 1. The van der Waals surface area contributed by atoms with Crippen LogP contribution in [0.4, 0.5) is 0 Å². The van der Waals surface area contributed by atoms with Crippen molar-refractivity contribution in [3.63, 3.8) is 0 Å². The second-order valence-corrected chi connectivity index (χ2v) is 8.03. The van der Waals surface area contributed by atoms with Gasteiger partial charge in [-0.05, 0) is 43.4 Å². The minimum absolute atomic E-state index is 0.155. The van der Waals surface area contributed by atoms with Gasteiger partial charge >= 0.3 is 0 Å². The first-order chi connectivity index (χ1) is 14.6. The minimum Gasteiger partial charge on any atom is -0.497 e. The molecule has 1 aromatic rings. The van der Waals surface area contributed by atoms with E-state index < -0.39 is 0 Å². The third kappa shape index (κ3) is 7.09. The van der Waals surface area contributed by atoms with E-state index in [0.29, 0.717) is 18.5 Å². The Morgan fingerprint density at radius 3 is 2.47 bits per heavy atom. The van der Waals surface area contributed by atoms with Crippen molar-refractivity contribution in [2.24, 2.45) is 4.99 Å². The number of nitrogens with zero attached hydrogens (tertiary/aromatic N) is 2. The largest absolute Gasteiger partial charge is 0.497 e. The maximum atomic E-state index is 11.7. The number of amides is 1. The van der Waals surface area contributed by atoms with Crippen LogP contribution in [0.5, 0.6) is 11.5 Å². The van der Waals surface area contributed by atoms with Gasteiger partial charge in [-0.1, -0.05) is 0 Å². The molecule has 30 heavy (non-hydrogen) atoms. The SMILES string of the molecule is CN=C(NCCCC(=O)NC1CC1)NC1CCN(Cc2cc(OC)cc(OC)c2)C1. The summed E-state index contributed by atoms with van der Waals surface area (Å²) in [5.74, 6) is 2.58. The van der Waals surface area contributed by atoms with Crippen LogP contribution < -0.4 is 25.4 Å². The number of nitrogens with one attached hydrogen (secondary N) is 3. The molecule has 2 fully saturated rings. The van der Waals surface area contributed by atoms with Crippen LogP contribution in [0.25, 0.3) is 0 Å². The van der Waals surface area contributed by atoms with Gasteiger partial charge in [-0.3, -0.25) is 14.7 Å². The fraction of sp³-hybridized carbons (Fsp3) is 0.636. The predicted molar refractivity (Wildman–Crippen MR) is 118 cm³/mol. The Kier molecular flexibility index (Phi) is 8.19. The molecule has 0 spiro atoms. The van der Waals surface area contributed by atoms with Crippen LogP contribution in [0.15, 0.2) is 23.2 Å². The third-order valence-electron chi connectivity index (χ3n) is 5.47. The Hall–Kier alpha value is -2.48. The summed E-state index contributed by atoms with van der Waals surface area (Å²) < 4.78 is 10.7. The standard InChI is InChI=1S/C22H35N5O3/c1-23-22(24-9-4-5-21(28)25-17-6-7-17)26-18-8-10-27(15-18)14-16-11-19(29-2)13-20(12-16)30-3/h11-13,17-18H,4-10,14-15H2,1-3H3,(H,25,28)(H2,23,24,26). The molecule has 1 saturated heterocycles. The molecule has 8 nitrogen and oxygen atoms in total. The number of hydrogen-bond acceptors (Lipinski definition) is 5. The molecular weight excluding hydrogens is 382 g/mol. The Morgan fingerprint density at radius 2 is 1.83 bits per heavy atom. The van der Waals surface area contributed by atoms with E-state index >= 15 is 0 Å². The van der Waals surface area contributed by atoms with Crippen LogP contribution in [0.3, 0.4) is 0 Å². The first-order valence-electron chi connectivity index (χ1n) is 10.8. The fourth-order valence-corrected chi connectivity index (χ4v) is 3.68. The highest BCUT2D eigenvalue weighted by Gasteiger charge is 2.24. The van der Waals surface area contributed by atoms with Gasteiger partial charge in [0.15, 0.2) is 5.96 Å². The molecule has 3 rings (SSSR count). The van der Waals surface area contributed by atoms with E-state index in [4.69, 9.17) is 9.47 Å². The van der Waals surface area contributed by atoms with Gasteiger partial charge in [0, 0.05) is 57.8 Å². The topological polar surface area (TPSA) is 87.2 Å². The number of carbonyl (C=O) groups excluding carboxylic acids is 1. The first kappa shape index (κ1) is 22.2. The average molecular weight is 418 g/mol. The van der Waals surface area contributed by atoms with Crippen molar-refractivity contribution >= 4 is 11.9 Å². The molecule has 0 bridgehead atoms. The fourth-order valence-electron chi connectivity index (χ4n) is 3.68. The monoisotopic (exact) mass is 417 g/mol. The van der Waals surface area contributed by atoms with Crippen molar-refractivity contribution < 1.29 is 14.3 Å². The molecule has 2 aliphatic rings. The number of rotatable bonds is 10. The summed E-state index contributed by atoms with van der Waals surface area (Å²) in [5, 5.41) is 9.85. The van der Waals surface area contributed by atoms with Gasteiger partial charge in [0.2, 0.25) is 5.91 Å². The van der Waals surface area contributed by atoms with E-state index in [1.165, 1.54) is 5.56 Å². The normalized spacial score (nSPS) is 19.4. The molecule has 1 aromatic carbocycles. The van der Waals surface area contributed by atoms with Gasteiger partial charge in [0.05, 0.1) is 14.2 Å². The van der Waals surface area contributed by atoms with Crippen molar-refractivity contribution in [1.29, 1.82) is 0 Å². The quantitative estimate of drug-likeness (QED) is 0.304. The molecule has 8 heteroatoms. The zero-order valence-corrected chi connectivity index (χ0v) is 18.4. The lowest BCUT2D eigenvalue weighted by molar-refractivity contribution is -0.121. The zero-order chi connectivity index (χ0) is 21.3. The zero-order valence-electron chi connectivity index (χ0n) is 18.4. The van der Waals surface area contributed by atoms with Crippen molar-refractivity contribution in [3.8, 4) is 11.5 Å². The molecule has 1 saturated carbocycles. The molecule has 1 aliphatic carbocycles. The molecule has 1 amide bonds. The first-order valence-corrected chi connectivity index (χ1v) is 10.8. The summed E-state index contributed by atoms with van der Waals surface area (Å²) in [5.41, 5.74) is 1.18. The molecule has 1 aliphatic heterocycles. The minimum atomic E-state index is 0.155. The van der Waals surface area contributed by atoms with Crippen LogP contribution in [-0.4, -0.2) is 69.8 Å². The highest BCUT2D eigenvalue weighted by atomic mass is 16.5. The lowest BCUT2D eigenvalue weighted by Crippen LogP contribution is -2.44. The summed E-state index contributed by atoms with van der Waals surface area (Å²) in [6.45, 7) is 3.56. The number of methoxy groups -OCH3 is 2. The van der Waals surface area contributed by atoms with Gasteiger partial charge in [-0.25, -0.2) is 0 Å². The van der Waals surface area contributed by atoms with Crippen LogP contribution >= 0.6 is 0 Å². The molecule has 1 heterocycles. The Morgan fingerprint density at radius 1 is 1.10 bits per heavy atom. The number of guanidine groups is 1. The number of ether oxygens (including phenoxy) is 2. The Bertz CT molecular complexity index is 713. The van der Waals surface area contributed by atoms with Crippen molar-refractivity contribution in [2.75, 3.05) is 40.9 Å². The highest BCUT2D eigenvalue weighted by Crippen LogP contribution is 2.24. The summed E-state index contributed by atoms with van der Waals surface area (Å²) in [7, 11) is 5.13. The third-order valence-corrected chi connectivity index (χ3v) is 5.47. The second kappa shape index (κ2) is 11.1. The van der Waals surface area contributed by atoms with E-state index in [0.717, 1.165) is 69.3 Å². The Labute approximate surface area is 179 Å². The van der Waals surface area contributed by atoms with E-state index in [-0.39, 0.29) is 5.91 Å². The number of benzene rings is 1. The molecular formula is C22H35N5O3. The molecule has 1 atom stereocenters. The number of aliphatic imine (C=N–C) groups is 1. The molecule has 1 unspecified atom stereocenters. The van der Waals surface area contributed by atoms with Crippen molar-refractivity contribution in [2.45, 2.75) is 50.7 Å².